The summed E-state index contributed by atoms with van der Waals surface area (Å²) in [5.41, 5.74) is 0.799. The number of carbonyl (C=O) groups excluding carboxylic acids is 1. The van der Waals surface area contributed by atoms with Crippen molar-refractivity contribution in [2.75, 3.05) is 0 Å². The van der Waals surface area contributed by atoms with E-state index in [1.807, 2.05) is 0 Å². The maximum absolute atomic E-state index is 12.8. The van der Waals surface area contributed by atoms with E-state index in [1.54, 1.807) is 0 Å². The molecule has 24 heavy (non-hydrogen) atoms. The monoisotopic (exact) mass is 376 g/mol. The maximum Gasteiger partial charge on any atom is 0.420 e. The lowest BCUT2D eigenvalue weighted by Crippen LogP contribution is -2.17. The van der Waals surface area contributed by atoms with Crippen LogP contribution in [-0.2, 0) is 6.18 Å². The van der Waals surface area contributed by atoms with Crippen molar-refractivity contribution in [1.29, 1.82) is 0 Å². The van der Waals surface area contributed by atoms with Crippen molar-refractivity contribution in [3.05, 3.63) is 63.1 Å². The minimum absolute atomic E-state index is 0.231. The Bertz CT molecular complexity index is 791. The molecule has 2 rings (SSSR count). The third kappa shape index (κ3) is 4.39. The Kier molecular flexibility index (Phi) is 5.36. The van der Waals surface area contributed by atoms with Crippen molar-refractivity contribution in [2.24, 2.45) is 5.10 Å². The number of halogens is 5. The van der Waals surface area contributed by atoms with Crippen LogP contribution in [-0.4, -0.2) is 17.2 Å². The third-order valence-electron chi connectivity index (χ3n) is 2.89. The van der Waals surface area contributed by atoms with Crippen LogP contribution >= 0.6 is 23.2 Å². The molecule has 0 aliphatic rings. The van der Waals surface area contributed by atoms with Crippen LogP contribution in [0.3, 0.4) is 0 Å². The highest BCUT2D eigenvalue weighted by atomic mass is 35.5. The molecule has 0 unspecified atom stereocenters. The number of alkyl halides is 3. The fraction of sp³-hybridized carbons (Fsp3) is 0.0667. The highest BCUT2D eigenvalue weighted by Crippen LogP contribution is 2.38. The van der Waals surface area contributed by atoms with E-state index in [9.17, 15) is 23.1 Å². The summed E-state index contributed by atoms with van der Waals surface area (Å²) in [5.74, 6) is -1.63. The molecule has 0 aliphatic carbocycles. The molecule has 9 heteroatoms. The van der Waals surface area contributed by atoms with Crippen LogP contribution in [0.15, 0.2) is 41.5 Å². The first kappa shape index (κ1) is 18.1. The molecule has 0 atom stereocenters. The molecule has 1 amide bonds. The second-order valence-electron chi connectivity index (χ2n) is 4.59. The standard InChI is InChI=1S/C15H9Cl2F3N2O2/c16-10-3-1-8(2-4-10)14(24)22-21-7-9-5-11(17)6-12(13(9)23)15(18,19)20/h1-7,23H,(H,22,24). The van der Waals surface area contributed by atoms with Gasteiger partial charge in [-0.1, -0.05) is 23.2 Å². The zero-order chi connectivity index (χ0) is 17.9. The van der Waals surface area contributed by atoms with E-state index in [0.29, 0.717) is 11.1 Å². The van der Waals surface area contributed by atoms with Crippen LogP contribution in [0.25, 0.3) is 0 Å². The second kappa shape index (κ2) is 7.11. The second-order valence-corrected chi connectivity index (χ2v) is 5.47. The Balaban J connectivity index is 2.19. The van der Waals surface area contributed by atoms with Crippen molar-refractivity contribution in [3.8, 4) is 5.75 Å². The molecule has 0 heterocycles. The van der Waals surface area contributed by atoms with Gasteiger partial charge in [-0.2, -0.15) is 18.3 Å². The largest absolute Gasteiger partial charge is 0.507 e. The molecule has 0 saturated carbocycles. The lowest BCUT2D eigenvalue weighted by molar-refractivity contribution is -0.138. The SMILES string of the molecule is O=C(NN=Cc1cc(Cl)cc(C(F)(F)F)c1O)c1ccc(Cl)cc1. The number of amides is 1. The fourth-order valence-corrected chi connectivity index (χ4v) is 2.11. The fourth-order valence-electron chi connectivity index (χ4n) is 1.76. The van der Waals surface area contributed by atoms with Crippen LogP contribution in [0.1, 0.15) is 21.5 Å². The number of hydrogen-bond acceptors (Lipinski definition) is 3. The minimum atomic E-state index is -4.77. The number of phenolic OH excluding ortho intramolecular Hbond substituents is 1. The molecule has 2 aromatic rings. The summed E-state index contributed by atoms with van der Waals surface area (Å²) in [4.78, 5) is 11.8. The van der Waals surface area contributed by atoms with Gasteiger partial charge in [0.15, 0.2) is 0 Å². The first-order valence-electron chi connectivity index (χ1n) is 6.37. The number of phenols is 1. The van der Waals surface area contributed by atoms with E-state index < -0.39 is 23.4 Å². The molecule has 2 N–H and O–H groups in total. The zero-order valence-corrected chi connectivity index (χ0v) is 13.2. The van der Waals surface area contributed by atoms with Gasteiger partial charge in [0.1, 0.15) is 5.75 Å². The van der Waals surface area contributed by atoms with E-state index in [4.69, 9.17) is 23.2 Å². The van der Waals surface area contributed by atoms with Gasteiger partial charge in [0.25, 0.3) is 5.91 Å². The van der Waals surface area contributed by atoms with Gasteiger partial charge in [-0.25, -0.2) is 5.43 Å². The number of nitrogens with one attached hydrogen (secondary N) is 1. The summed E-state index contributed by atoms with van der Waals surface area (Å²) in [6.07, 6.45) is -3.91. The Labute approximate surface area is 144 Å². The summed E-state index contributed by atoms with van der Waals surface area (Å²) < 4.78 is 38.3. The Morgan fingerprint density at radius 3 is 2.33 bits per heavy atom. The normalized spacial score (nSPS) is 11.7. The van der Waals surface area contributed by atoms with E-state index in [1.165, 1.54) is 24.3 Å². The Hall–Kier alpha value is -2.25. The quantitative estimate of drug-likeness (QED) is 0.612. The van der Waals surface area contributed by atoms with Crippen LogP contribution < -0.4 is 5.43 Å². The van der Waals surface area contributed by atoms with Crippen LogP contribution in [0.4, 0.5) is 13.2 Å². The number of nitrogens with zero attached hydrogens (tertiary/aromatic N) is 1. The lowest BCUT2D eigenvalue weighted by Gasteiger charge is -2.11. The van der Waals surface area contributed by atoms with Crippen molar-refractivity contribution in [3.63, 3.8) is 0 Å². The maximum atomic E-state index is 12.8. The molecule has 126 valence electrons. The van der Waals surface area contributed by atoms with Gasteiger partial charge in [0.2, 0.25) is 0 Å². The van der Waals surface area contributed by atoms with Gasteiger partial charge < -0.3 is 5.11 Å². The summed E-state index contributed by atoms with van der Waals surface area (Å²) >= 11 is 11.3. The minimum Gasteiger partial charge on any atom is -0.507 e. The van der Waals surface area contributed by atoms with E-state index in [0.717, 1.165) is 12.3 Å². The van der Waals surface area contributed by atoms with Crippen LogP contribution in [0.2, 0.25) is 10.0 Å². The summed E-state index contributed by atoms with van der Waals surface area (Å²) in [6.45, 7) is 0. The molecule has 0 spiro atoms. The molecule has 0 saturated heterocycles. The van der Waals surface area contributed by atoms with Gasteiger partial charge in [-0.05, 0) is 36.4 Å². The van der Waals surface area contributed by atoms with Crippen molar-refractivity contribution in [2.45, 2.75) is 6.18 Å². The van der Waals surface area contributed by atoms with Crippen LogP contribution in [0.5, 0.6) is 5.75 Å². The Morgan fingerprint density at radius 2 is 1.75 bits per heavy atom. The Morgan fingerprint density at radius 1 is 1.12 bits per heavy atom. The van der Waals surface area contributed by atoms with Gasteiger partial charge in [-0.15, -0.1) is 0 Å². The van der Waals surface area contributed by atoms with Crippen molar-refractivity contribution < 1.29 is 23.1 Å². The number of aromatic hydroxyl groups is 1. The molecule has 0 bridgehead atoms. The van der Waals surface area contributed by atoms with E-state index >= 15 is 0 Å². The number of benzene rings is 2. The zero-order valence-electron chi connectivity index (χ0n) is 11.7. The average Bonchev–Trinajstić information content (AvgIpc) is 2.49. The molecule has 0 aromatic heterocycles. The molecular formula is C15H9Cl2F3N2O2. The predicted octanol–water partition coefficient (Wildman–Crippen LogP) is 4.48. The molecule has 0 radical (unpaired) electrons. The number of hydrogen-bond donors (Lipinski definition) is 2. The number of carbonyl (C=O) groups is 1. The molecule has 0 fully saturated rings. The average molecular weight is 377 g/mol. The highest BCUT2D eigenvalue weighted by Gasteiger charge is 2.35. The molecule has 2 aromatic carbocycles. The predicted molar refractivity (Wildman–Crippen MR) is 84.6 cm³/mol. The smallest absolute Gasteiger partial charge is 0.420 e. The molecule has 0 aliphatic heterocycles. The number of rotatable bonds is 3. The van der Waals surface area contributed by atoms with E-state index in [-0.39, 0.29) is 16.1 Å². The van der Waals surface area contributed by atoms with Crippen LogP contribution in [0, 0.1) is 0 Å². The molecular weight excluding hydrogens is 368 g/mol. The first-order chi connectivity index (χ1) is 11.2. The highest BCUT2D eigenvalue weighted by molar-refractivity contribution is 6.31. The van der Waals surface area contributed by atoms with Gasteiger partial charge in [-0.3, -0.25) is 4.79 Å². The lowest BCUT2D eigenvalue weighted by atomic mass is 10.1. The summed E-state index contributed by atoms with van der Waals surface area (Å²) in [7, 11) is 0. The summed E-state index contributed by atoms with van der Waals surface area (Å²) in [6, 6.07) is 7.58. The third-order valence-corrected chi connectivity index (χ3v) is 3.36. The topological polar surface area (TPSA) is 61.7 Å². The first-order valence-corrected chi connectivity index (χ1v) is 7.13. The summed E-state index contributed by atoms with van der Waals surface area (Å²) in [5, 5.41) is 13.4. The molecule has 4 nitrogen and oxygen atoms in total. The number of hydrazone groups is 1. The van der Waals surface area contributed by atoms with Crippen molar-refractivity contribution >= 4 is 35.3 Å². The van der Waals surface area contributed by atoms with Gasteiger partial charge in [0, 0.05) is 21.2 Å². The van der Waals surface area contributed by atoms with Gasteiger partial charge >= 0.3 is 6.18 Å². The van der Waals surface area contributed by atoms with Gasteiger partial charge in [0.05, 0.1) is 11.8 Å². The van der Waals surface area contributed by atoms with E-state index in [2.05, 4.69) is 10.5 Å². The van der Waals surface area contributed by atoms with Crippen molar-refractivity contribution in [1.82, 2.24) is 5.43 Å².